The van der Waals surface area contributed by atoms with Crippen molar-refractivity contribution in [3.05, 3.63) is 42.0 Å². The van der Waals surface area contributed by atoms with Gasteiger partial charge in [-0.3, -0.25) is 0 Å². The van der Waals surface area contributed by atoms with Crippen LogP contribution in [0.25, 0.3) is 0 Å². The van der Waals surface area contributed by atoms with Crippen molar-refractivity contribution in [2.24, 2.45) is 5.73 Å². The molecule has 0 spiro atoms. The molecular formula is C14H21NO. The number of hydrogen-bond acceptors (Lipinski definition) is 2. The van der Waals surface area contributed by atoms with Gasteiger partial charge in [-0.25, -0.2) is 0 Å². The molecule has 88 valence electrons. The summed E-state index contributed by atoms with van der Waals surface area (Å²) in [5.41, 5.74) is 8.53. The highest BCUT2D eigenvalue weighted by Gasteiger charge is 2.05. The maximum absolute atomic E-state index is 6.06. The third-order valence-corrected chi connectivity index (χ3v) is 2.71. The predicted octanol–water partition coefficient (Wildman–Crippen LogP) is 2.92. The first-order valence-corrected chi connectivity index (χ1v) is 5.70. The fraction of sp³-hybridized carbons (Fsp3) is 0.429. The summed E-state index contributed by atoms with van der Waals surface area (Å²) in [7, 11) is 1.67. The molecule has 1 unspecified atom stereocenters. The monoisotopic (exact) mass is 219 g/mol. The van der Waals surface area contributed by atoms with Gasteiger partial charge in [-0.1, -0.05) is 31.2 Å². The Morgan fingerprint density at radius 2 is 2.00 bits per heavy atom. The minimum atomic E-state index is 0.167. The third-order valence-electron chi connectivity index (χ3n) is 2.71. The van der Waals surface area contributed by atoms with Gasteiger partial charge in [0.2, 0.25) is 0 Å². The molecule has 0 heterocycles. The Balaban J connectivity index is 2.49. The molecule has 0 aliphatic heterocycles. The second-order valence-corrected chi connectivity index (χ2v) is 4.12. The van der Waals surface area contributed by atoms with Crippen LogP contribution in [-0.2, 0) is 6.42 Å². The zero-order valence-corrected chi connectivity index (χ0v) is 10.2. The lowest BCUT2D eigenvalue weighted by atomic mass is 9.99. The first kappa shape index (κ1) is 12.8. The summed E-state index contributed by atoms with van der Waals surface area (Å²) in [4.78, 5) is 0. The average molecular weight is 219 g/mol. The number of rotatable bonds is 6. The topological polar surface area (TPSA) is 35.2 Å². The summed E-state index contributed by atoms with van der Waals surface area (Å²) in [6, 6.07) is 8.23. The molecule has 0 aliphatic rings. The molecule has 2 nitrogen and oxygen atoms in total. The van der Waals surface area contributed by atoms with E-state index in [0.717, 1.165) is 25.0 Å². The molecule has 0 bridgehead atoms. The Bertz CT molecular complexity index is 329. The molecule has 0 saturated heterocycles. The van der Waals surface area contributed by atoms with Gasteiger partial charge < -0.3 is 10.5 Å². The molecule has 0 saturated carbocycles. The fourth-order valence-electron chi connectivity index (χ4n) is 1.65. The van der Waals surface area contributed by atoms with Gasteiger partial charge in [-0.05, 0) is 37.0 Å². The molecule has 0 aliphatic carbocycles. The van der Waals surface area contributed by atoms with Crippen molar-refractivity contribution in [3.8, 4) is 5.75 Å². The van der Waals surface area contributed by atoms with E-state index >= 15 is 0 Å². The highest BCUT2D eigenvalue weighted by atomic mass is 16.5. The molecule has 16 heavy (non-hydrogen) atoms. The maximum Gasteiger partial charge on any atom is 0.118 e. The highest BCUT2D eigenvalue weighted by molar-refractivity contribution is 5.27. The Morgan fingerprint density at radius 3 is 2.50 bits per heavy atom. The van der Waals surface area contributed by atoms with Gasteiger partial charge in [-0.15, -0.1) is 0 Å². The van der Waals surface area contributed by atoms with Crippen molar-refractivity contribution in [1.29, 1.82) is 0 Å². The van der Waals surface area contributed by atoms with Crippen molar-refractivity contribution in [3.63, 3.8) is 0 Å². The molecule has 1 atom stereocenters. The lowest BCUT2D eigenvalue weighted by molar-refractivity contribution is 0.414. The van der Waals surface area contributed by atoms with Crippen LogP contribution in [0, 0.1) is 0 Å². The van der Waals surface area contributed by atoms with E-state index < -0.39 is 0 Å². The van der Waals surface area contributed by atoms with E-state index in [-0.39, 0.29) is 6.04 Å². The van der Waals surface area contributed by atoms with Gasteiger partial charge in [0.05, 0.1) is 7.11 Å². The summed E-state index contributed by atoms with van der Waals surface area (Å²) in [5, 5.41) is 0. The standard InChI is InChI=1S/C14H21NO/c1-4-11(2)9-13(15)10-12-5-7-14(16-3)8-6-12/h5-8,13H,2,4,9-10,15H2,1,3H3. The summed E-state index contributed by atoms with van der Waals surface area (Å²) in [5.74, 6) is 0.885. The quantitative estimate of drug-likeness (QED) is 0.747. The second kappa shape index (κ2) is 6.33. The molecule has 2 heteroatoms. The SMILES string of the molecule is C=C(CC)CC(N)Cc1ccc(OC)cc1. The van der Waals surface area contributed by atoms with Crippen LogP contribution in [0.4, 0.5) is 0 Å². The van der Waals surface area contributed by atoms with E-state index in [9.17, 15) is 0 Å². The van der Waals surface area contributed by atoms with Crippen LogP contribution in [0.1, 0.15) is 25.3 Å². The van der Waals surface area contributed by atoms with Gasteiger partial charge in [0.1, 0.15) is 5.75 Å². The number of ether oxygens (including phenoxy) is 1. The Kier molecular flexibility index (Phi) is 5.06. The average Bonchev–Trinajstić information content (AvgIpc) is 2.29. The second-order valence-electron chi connectivity index (χ2n) is 4.12. The van der Waals surface area contributed by atoms with E-state index in [0.29, 0.717) is 0 Å². The molecule has 0 amide bonds. The lowest BCUT2D eigenvalue weighted by Gasteiger charge is -2.12. The Morgan fingerprint density at radius 1 is 1.38 bits per heavy atom. The van der Waals surface area contributed by atoms with Crippen LogP contribution in [0.2, 0.25) is 0 Å². The van der Waals surface area contributed by atoms with E-state index in [1.807, 2.05) is 12.1 Å². The molecule has 0 fully saturated rings. The summed E-state index contributed by atoms with van der Waals surface area (Å²) in [6.45, 7) is 6.10. The predicted molar refractivity (Wildman–Crippen MR) is 68.7 cm³/mol. The molecule has 1 aromatic carbocycles. The van der Waals surface area contributed by atoms with Crippen molar-refractivity contribution < 1.29 is 4.74 Å². The molecular weight excluding hydrogens is 198 g/mol. The first-order chi connectivity index (χ1) is 7.65. The van der Waals surface area contributed by atoms with E-state index in [1.165, 1.54) is 11.1 Å². The zero-order chi connectivity index (χ0) is 12.0. The Hall–Kier alpha value is -1.28. The molecule has 2 N–H and O–H groups in total. The first-order valence-electron chi connectivity index (χ1n) is 5.70. The van der Waals surface area contributed by atoms with Crippen molar-refractivity contribution >= 4 is 0 Å². The minimum Gasteiger partial charge on any atom is -0.497 e. The van der Waals surface area contributed by atoms with Crippen molar-refractivity contribution in [2.75, 3.05) is 7.11 Å². The van der Waals surface area contributed by atoms with Gasteiger partial charge in [0.15, 0.2) is 0 Å². The lowest BCUT2D eigenvalue weighted by Crippen LogP contribution is -2.23. The number of methoxy groups -OCH3 is 1. The fourth-order valence-corrected chi connectivity index (χ4v) is 1.65. The van der Waals surface area contributed by atoms with E-state index in [1.54, 1.807) is 7.11 Å². The van der Waals surface area contributed by atoms with Crippen LogP contribution in [-0.4, -0.2) is 13.2 Å². The van der Waals surface area contributed by atoms with E-state index in [4.69, 9.17) is 10.5 Å². The smallest absolute Gasteiger partial charge is 0.118 e. The van der Waals surface area contributed by atoms with Crippen LogP contribution >= 0.6 is 0 Å². The van der Waals surface area contributed by atoms with Crippen LogP contribution in [0.15, 0.2) is 36.4 Å². The number of hydrogen-bond donors (Lipinski definition) is 1. The van der Waals surface area contributed by atoms with Gasteiger partial charge in [0.25, 0.3) is 0 Å². The molecule has 0 radical (unpaired) electrons. The molecule has 0 aromatic heterocycles. The van der Waals surface area contributed by atoms with Crippen LogP contribution in [0.5, 0.6) is 5.75 Å². The van der Waals surface area contributed by atoms with Crippen molar-refractivity contribution in [2.45, 2.75) is 32.2 Å². The van der Waals surface area contributed by atoms with E-state index in [2.05, 4.69) is 25.6 Å². The summed E-state index contributed by atoms with van der Waals surface area (Å²) >= 11 is 0. The summed E-state index contributed by atoms with van der Waals surface area (Å²) < 4.78 is 5.11. The zero-order valence-electron chi connectivity index (χ0n) is 10.2. The number of benzene rings is 1. The molecule has 1 rings (SSSR count). The largest absolute Gasteiger partial charge is 0.497 e. The van der Waals surface area contributed by atoms with Gasteiger partial charge in [-0.2, -0.15) is 0 Å². The van der Waals surface area contributed by atoms with Crippen LogP contribution < -0.4 is 10.5 Å². The van der Waals surface area contributed by atoms with Gasteiger partial charge >= 0.3 is 0 Å². The number of nitrogens with two attached hydrogens (primary N) is 1. The van der Waals surface area contributed by atoms with Gasteiger partial charge in [0, 0.05) is 6.04 Å². The van der Waals surface area contributed by atoms with Crippen molar-refractivity contribution in [1.82, 2.24) is 0 Å². The third kappa shape index (κ3) is 4.07. The maximum atomic E-state index is 6.06. The van der Waals surface area contributed by atoms with Crippen LogP contribution in [0.3, 0.4) is 0 Å². The minimum absolute atomic E-state index is 0.167. The molecule has 1 aromatic rings. The summed E-state index contributed by atoms with van der Waals surface area (Å²) in [6.07, 6.45) is 2.81. The normalized spacial score (nSPS) is 12.2. The Labute approximate surface area is 98.1 Å². The highest BCUT2D eigenvalue weighted by Crippen LogP contribution is 2.14.